The Kier molecular flexibility index (Phi) is 7.02. The van der Waals surface area contributed by atoms with E-state index in [4.69, 9.17) is 5.73 Å². The molecule has 0 atom stereocenters. The molecule has 0 spiro atoms. The molecular formula is C8H19N3O4S. The number of rotatable bonds is 7. The van der Waals surface area contributed by atoms with E-state index in [1.54, 1.807) is 4.72 Å². The molecule has 7 nitrogen and oxygen atoms in total. The van der Waals surface area contributed by atoms with Crippen LogP contribution in [0.5, 0.6) is 0 Å². The number of ether oxygens (including phenoxy) is 1. The average molecular weight is 253 g/mol. The van der Waals surface area contributed by atoms with E-state index in [0.717, 1.165) is 24.3 Å². The van der Waals surface area contributed by atoms with Crippen LogP contribution in [0.3, 0.4) is 0 Å². The summed E-state index contributed by atoms with van der Waals surface area (Å²) in [6.07, 6.45) is 1.43. The predicted octanol–water partition coefficient (Wildman–Crippen LogP) is -0.352. The van der Waals surface area contributed by atoms with E-state index in [1.807, 2.05) is 0 Å². The maximum absolute atomic E-state index is 11.5. The Balaban J connectivity index is 4.05. The van der Waals surface area contributed by atoms with Gasteiger partial charge < -0.3 is 10.5 Å². The zero-order valence-electron chi connectivity index (χ0n) is 9.60. The van der Waals surface area contributed by atoms with Crippen molar-refractivity contribution in [2.45, 2.75) is 19.3 Å². The molecule has 0 aromatic carbocycles. The lowest BCUT2D eigenvalue weighted by molar-refractivity contribution is 0.177. The van der Waals surface area contributed by atoms with Crippen molar-refractivity contribution in [1.82, 2.24) is 9.03 Å². The number of hydrogen-bond donors (Lipinski definition) is 2. The van der Waals surface area contributed by atoms with Gasteiger partial charge in [-0.3, -0.25) is 0 Å². The Labute approximate surface area is 96.1 Å². The molecule has 0 aliphatic carbocycles. The minimum Gasteiger partial charge on any atom is -0.452 e. The number of hydrogen-bond acceptors (Lipinski definition) is 5. The number of nitrogens with two attached hydrogens (primary N) is 1. The van der Waals surface area contributed by atoms with Gasteiger partial charge in [0.2, 0.25) is 0 Å². The van der Waals surface area contributed by atoms with Crippen molar-refractivity contribution < 1.29 is 17.9 Å². The smallest absolute Gasteiger partial charge is 0.421 e. The number of methoxy groups -OCH3 is 1. The van der Waals surface area contributed by atoms with Crippen molar-refractivity contribution >= 4 is 16.3 Å². The fourth-order valence-corrected chi connectivity index (χ4v) is 1.82. The largest absolute Gasteiger partial charge is 0.452 e. The molecule has 0 aromatic rings. The summed E-state index contributed by atoms with van der Waals surface area (Å²) < 4.78 is 29.9. The summed E-state index contributed by atoms with van der Waals surface area (Å²) in [5, 5.41) is 0. The van der Waals surface area contributed by atoms with Gasteiger partial charge in [-0.25, -0.2) is 9.52 Å². The summed E-state index contributed by atoms with van der Waals surface area (Å²) in [4.78, 5) is 10.8. The van der Waals surface area contributed by atoms with Crippen molar-refractivity contribution in [2.24, 2.45) is 5.73 Å². The molecule has 0 heterocycles. The van der Waals surface area contributed by atoms with Crippen LogP contribution in [-0.2, 0) is 14.9 Å². The zero-order valence-corrected chi connectivity index (χ0v) is 10.4. The molecule has 0 aromatic heterocycles. The molecule has 0 rings (SSSR count). The van der Waals surface area contributed by atoms with Gasteiger partial charge in [-0.15, -0.1) is 0 Å². The Morgan fingerprint density at radius 2 is 2.00 bits per heavy atom. The molecule has 0 unspecified atom stereocenters. The van der Waals surface area contributed by atoms with Gasteiger partial charge in [-0.1, -0.05) is 6.42 Å². The Morgan fingerprint density at radius 3 is 2.50 bits per heavy atom. The van der Waals surface area contributed by atoms with Gasteiger partial charge in [-0.2, -0.15) is 12.7 Å². The van der Waals surface area contributed by atoms with Gasteiger partial charge in [0.25, 0.3) is 0 Å². The third-order valence-electron chi connectivity index (χ3n) is 1.99. The molecule has 0 radical (unpaired) electrons. The topological polar surface area (TPSA) is 102 Å². The molecule has 0 fully saturated rings. The molecule has 16 heavy (non-hydrogen) atoms. The lowest BCUT2D eigenvalue weighted by atomic mass is 10.2. The molecule has 1 amide bonds. The normalized spacial score (nSPS) is 11.5. The van der Waals surface area contributed by atoms with Crippen molar-refractivity contribution in [1.29, 1.82) is 0 Å². The van der Waals surface area contributed by atoms with Crippen LogP contribution in [0.1, 0.15) is 19.3 Å². The monoisotopic (exact) mass is 253 g/mol. The minimum atomic E-state index is -3.78. The third-order valence-corrected chi connectivity index (χ3v) is 3.41. The lowest BCUT2D eigenvalue weighted by Crippen LogP contribution is -2.41. The lowest BCUT2D eigenvalue weighted by Gasteiger charge is -2.16. The van der Waals surface area contributed by atoms with Crippen LogP contribution < -0.4 is 10.5 Å². The number of nitrogens with one attached hydrogen (secondary N) is 1. The molecule has 96 valence electrons. The van der Waals surface area contributed by atoms with Crippen LogP contribution in [0.15, 0.2) is 0 Å². The van der Waals surface area contributed by atoms with Crippen molar-refractivity contribution in [2.75, 3.05) is 27.2 Å². The first-order valence-electron chi connectivity index (χ1n) is 4.96. The summed E-state index contributed by atoms with van der Waals surface area (Å²) in [6.45, 7) is 0.934. The van der Waals surface area contributed by atoms with Crippen LogP contribution >= 0.6 is 0 Å². The Bertz CT molecular complexity index is 304. The van der Waals surface area contributed by atoms with Gasteiger partial charge in [0.1, 0.15) is 0 Å². The van der Waals surface area contributed by atoms with Crippen LogP contribution in [0.4, 0.5) is 4.79 Å². The molecule has 8 heteroatoms. The highest BCUT2D eigenvalue weighted by atomic mass is 32.2. The molecule has 0 saturated heterocycles. The molecular weight excluding hydrogens is 234 g/mol. The number of carbonyl (C=O) groups is 1. The molecule has 0 aliphatic rings. The van der Waals surface area contributed by atoms with E-state index in [0.29, 0.717) is 19.5 Å². The second-order valence-electron chi connectivity index (χ2n) is 3.27. The fourth-order valence-electron chi connectivity index (χ4n) is 1.00. The third kappa shape index (κ3) is 5.89. The van der Waals surface area contributed by atoms with E-state index < -0.39 is 16.3 Å². The van der Waals surface area contributed by atoms with Gasteiger partial charge in [-0.05, 0) is 19.4 Å². The number of carbonyl (C=O) groups excluding carboxylic acids is 1. The molecule has 0 saturated carbocycles. The summed E-state index contributed by atoms with van der Waals surface area (Å²) in [5.74, 6) is 0. The quantitative estimate of drug-likeness (QED) is 0.604. The first-order chi connectivity index (χ1) is 7.44. The van der Waals surface area contributed by atoms with Gasteiger partial charge >= 0.3 is 16.3 Å². The van der Waals surface area contributed by atoms with Crippen molar-refractivity contribution in [3.8, 4) is 0 Å². The molecule has 0 bridgehead atoms. The second kappa shape index (κ2) is 7.42. The first-order valence-corrected chi connectivity index (χ1v) is 6.40. The highest BCUT2D eigenvalue weighted by Gasteiger charge is 2.19. The summed E-state index contributed by atoms with van der Waals surface area (Å²) in [6, 6.07) is 0. The second-order valence-corrected chi connectivity index (χ2v) is 5.05. The van der Waals surface area contributed by atoms with Crippen molar-refractivity contribution in [3.63, 3.8) is 0 Å². The maximum Gasteiger partial charge on any atom is 0.421 e. The van der Waals surface area contributed by atoms with Crippen LogP contribution in [0, 0.1) is 0 Å². The Hall–Kier alpha value is -0.860. The first kappa shape index (κ1) is 15.1. The SMILES string of the molecule is COC(=O)NS(=O)(=O)N(C)CCCCCN. The van der Waals surface area contributed by atoms with Crippen LogP contribution in [0.25, 0.3) is 0 Å². The summed E-state index contributed by atoms with van der Waals surface area (Å²) in [5.41, 5.74) is 5.31. The standard InChI is InChI=1S/C8H19N3O4S/c1-11(7-5-3-4-6-9)16(13,14)10-8(12)15-2/h3-7,9H2,1-2H3,(H,10,12). The highest BCUT2D eigenvalue weighted by Crippen LogP contribution is 2.00. The van der Waals surface area contributed by atoms with Crippen molar-refractivity contribution in [3.05, 3.63) is 0 Å². The van der Waals surface area contributed by atoms with E-state index >= 15 is 0 Å². The van der Waals surface area contributed by atoms with Crippen LogP contribution in [0.2, 0.25) is 0 Å². The van der Waals surface area contributed by atoms with Crippen LogP contribution in [-0.4, -0.2) is 46.1 Å². The fraction of sp³-hybridized carbons (Fsp3) is 0.875. The Morgan fingerprint density at radius 1 is 1.38 bits per heavy atom. The predicted molar refractivity (Wildman–Crippen MR) is 60.0 cm³/mol. The van der Waals surface area contributed by atoms with E-state index in [1.165, 1.54) is 7.05 Å². The van der Waals surface area contributed by atoms with Gasteiger partial charge in [0.05, 0.1) is 7.11 Å². The summed E-state index contributed by atoms with van der Waals surface area (Å²) >= 11 is 0. The zero-order chi connectivity index (χ0) is 12.6. The molecule has 0 aliphatic heterocycles. The van der Waals surface area contributed by atoms with Gasteiger partial charge in [0.15, 0.2) is 0 Å². The van der Waals surface area contributed by atoms with E-state index in [-0.39, 0.29) is 0 Å². The van der Waals surface area contributed by atoms with E-state index in [9.17, 15) is 13.2 Å². The number of nitrogens with zero attached hydrogens (tertiary/aromatic N) is 1. The number of amides is 1. The highest BCUT2D eigenvalue weighted by molar-refractivity contribution is 7.87. The number of unbranched alkanes of at least 4 members (excludes halogenated alkanes) is 2. The molecule has 3 N–H and O–H groups in total. The average Bonchev–Trinajstić information content (AvgIpc) is 2.23. The summed E-state index contributed by atoms with van der Waals surface area (Å²) in [7, 11) is -1.28. The van der Waals surface area contributed by atoms with Gasteiger partial charge in [0, 0.05) is 13.6 Å². The van der Waals surface area contributed by atoms with E-state index in [2.05, 4.69) is 4.74 Å². The minimum absolute atomic E-state index is 0.340. The maximum atomic E-state index is 11.5.